The van der Waals surface area contributed by atoms with Crippen molar-refractivity contribution in [1.29, 1.82) is 0 Å². The zero-order valence-electron chi connectivity index (χ0n) is 12.9. The highest BCUT2D eigenvalue weighted by atomic mass is 16.5. The molecule has 0 aliphatic rings. The van der Waals surface area contributed by atoms with Gasteiger partial charge in [-0.05, 0) is 30.2 Å². The molecule has 116 valence electrons. The van der Waals surface area contributed by atoms with E-state index in [0.29, 0.717) is 30.3 Å². The van der Waals surface area contributed by atoms with Crippen molar-refractivity contribution >= 4 is 5.97 Å². The summed E-state index contributed by atoms with van der Waals surface area (Å²) in [6, 6.07) is 14.9. The standard InChI is InChI=1S/C18H20O4/c1-3-11-21-18(19)15-9-10-16(17(12-15)20-2)22-13-14-7-5-4-6-8-14/h4-10,12H,3,11,13H2,1-2H3. The highest BCUT2D eigenvalue weighted by Crippen LogP contribution is 2.29. The van der Waals surface area contributed by atoms with Gasteiger partial charge in [-0.2, -0.15) is 0 Å². The van der Waals surface area contributed by atoms with Crippen LogP contribution in [0.5, 0.6) is 11.5 Å². The second-order valence-electron chi connectivity index (χ2n) is 4.78. The van der Waals surface area contributed by atoms with E-state index in [4.69, 9.17) is 14.2 Å². The number of methoxy groups -OCH3 is 1. The number of hydrogen-bond acceptors (Lipinski definition) is 4. The molecule has 2 rings (SSSR count). The van der Waals surface area contributed by atoms with Crippen molar-refractivity contribution in [3.8, 4) is 11.5 Å². The van der Waals surface area contributed by atoms with Crippen molar-refractivity contribution in [2.45, 2.75) is 20.0 Å². The Morgan fingerprint density at radius 3 is 2.50 bits per heavy atom. The second-order valence-corrected chi connectivity index (χ2v) is 4.78. The van der Waals surface area contributed by atoms with Crippen molar-refractivity contribution in [1.82, 2.24) is 0 Å². The van der Waals surface area contributed by atoms with E-state index in [1.807, 2.05) is 37.3 Å². The molecule has 0 atom stereocenters. The van der Waals surface area contributed by atoms with Gasteiger partial charge in [-0.25, -0.2) is 4.79 Å². The zero-order chi connectivity index (χ0) is 15.8. The molecule has 0 aromatic heterocycles. The van der Waals surface area contributed by atoms with Gasteiger partial charge in [0.25, 0.3) is 0 Å². The van der Waals surface area contributed by atoms with Crippen LogP contribution in [0.15, 0.2) is 48.5 Å². The monoisotopic (exact) mass is 300 g/mol. The van der Waals surface area contributed by atoms with Crippen molar-refractivity contribution in [3.63, 3.8) is 0 Å². The summed E-state index contributed by atoms with van der Waals surface area (Å²) in [5.74, 6) is 0.759. The van der Waals surface area contributed by atoms with Crippen LogP contribution < -0.4 is 9.47 Å². The predicted molar refractivity (Wildman–Crippen MR) is 84.3 cm³/mol. The number of benzene rings is 2. The van der Waals surface area contributed by atoms with Gasteiger partial charge in [0, 0.05) is 0 Å². The summed E-state index contributed by atoms with van der Waals surface area (Å²) in [4.78, 5) is 11.8. The summed E-state index contributed by atoms with van der Waals surface area (Å²) in [7, 11) is 1.55. The number of rotatable bonds is 7. The van der Waals surface area contributed by atoms with Gasteiger partial charge in [0.1, 0.15) is 6.61 Å². The van der Waals surface area contributed by atoms with Crippen LogP contribution in [0.4, 0.5) is 0 Å². The van der Waals surface area contributed by atoms with Gasteiger partial charge < -0.3 is 14.2 Å². The van der Waals surface area contributed by atoms with Gasteiger partial charge in [-0.15, -0.1) is 0 Å². The minimum atomic E-state index is -0.352. The normalized spacial score (nSPS) is 10.1. The van der Waals surface area contributed by atoms with Crippen LogP contribution in [0.25, 0.3) is 0 Å². The summed E-state index contributed by atoms with van der Waals surface area (Å²) >= 11 is 0. The Balaban J connectivity index is 2.07. The summed E-state index contributed by atoms with van der Waals surface area (Å²) in [6.07, 6.45) is 0.793. The first kappa shape index (κ1) is 15.9. The third-order valence-electron chi connectivity index (χ3n) is 3.07. The van der Waals surface area contributed by atoms with Crippen molar-refractivity contribution < 1.29 is 19.0 Å². The van der Waals surface area contributed by atoms with Gasteiger partial charge >= 0.3 is 5.97 Å². The van der Waals surface area contributed by atoms with Crippen LogP contribution >= 0.6 is 0 Å². The number of ether oxygens (including phenoxy) is 3. The highest BCUT2D eigenvalue weighted by Gasteiger charge is 2.12. The average molecular weight is 300 g/mol. The average Bonchev–Trinajstić information content (AvgIpc) is 2.58. The van der Waals surface area contributed by atoms with Crippen molar-refractivity contribution in [3.05, 3.63) is 59.7 Å². The van der Waals surface area contributed by atoms with E-state index in [-0.39, 0.29) is 5.97 Å². The number of carbonyl (C=O) groups is 1. The van der Waals surface area contributed by atoms with E-state index in [1.54, 1.807) is 25.3 Å². The molecule has 0 aliphatic heterocycles. The van der Waals surface area contributed by atoms with Crippen LogP contribution in [0.3, 0.4) is 0 Å². The third-order valence-corrected chi connectivity index (χ3v) is 3.07. The third kappa shape index (κ3) is 4.25. The molecular weight excluding hydrogens is 280 g/mol. The molecule has 0 saturated carbocycles. The Hall–Kier alpha value is -2.49. The molecule has 0 bridgehead atoms. The van der Waals surface area contributed by atoms with Gasteiger partial charge in [-0.3, -0.25) is 0 Å². The minimum Gasteiger partial charge on any atom is -0.493 e. The first-order chi connectivity index (χ1) is 10.7. The minimum absolute atomic E-state index is 0.352. The first-order valence-corrected chi connectivity index (χ1v) is 7.26. The molecule has 22 heavy (non-hydrogen) atoms. The topological polar surface area (TPSA) is 44.8 Å². The quantitative estimate of drug-likeness (QED) is 0.729. The fourth-order valence-electron chi connectivity index (χ4n) is 1.93. The molecule has 0 unspecified atom stereocenters. The van der Waals surface area contributed by atoms with Gasteiger partial charge in [0.2, 0.25) is 0 Å². The van der Waals surface area contributed by atoms with Crippen LogP contribution in [-0.4, -0.2) is 19.7 Å². The molecule has 0 radical (unpaired) electrons. The van der Waals surface area contributed by atoms with Crippen molar-refractivity contribution in [2.75, 3.05) is 13.7 Å². The first-order valence-electron chi connectivity index (χ1n) is 7.26. The molecule has 0 amide bonds. The summed E-state index contributed by atoms with van der Waals surface area (Å²) < 4.78 is 16.2. The fourth-order valence-corrected chi connectivity index (χ4v) is 1.93. The number of esters is 1. The molecular formula is C18H20O4. The number of hydrogen-bond donors (Lipinski definition) is 0. The van der Waals surface area contributed by atoms with E-state index in [9.17, 15) is 4.79 Å². The lowest BCUT2D eigenvalue weighted by atomic mass is 10.2. The Kier molecular flexibility index (Phi) is 5.83. The molecule has 2 aromatic carbocycles. The van der Waals surface area contributed by atoms with E-state index >= 15 is 0 Å². The molecule has 0 aliphatic carbocycles. The van der Waals surface area contributed by atoms with Crippen LogP contribution in [-0.2, 0) is 11.3 Å². The van der Waals surface area contributed by atoms with Crippen LogP contribution in [0, 0.1) is 0 Å². The second kappa shape index (κ2) is 8.08. The molecule has 0 saturated heterocycles. The maximum Gasteiger partial charge on any atom is 0.338 e. The lowest BCUT2D eigenvalue weighted by Gasteiger charge is -2.12. The van der Waals surface area contributed by atoms with E-state index < -0.39 is 0 Å². The lowest BCUT2D eigenvalue weighted by molar-refractivity contribution is 0.0504. The molecule has 0 fully saturated rings. The molecule has 0 N–H and O–H groups in total. The molecule has 0 heterocycles. The SMILES string of the molecule is CCCOC(=O)c1ccc(OCc2ccccc2)c(OC)c1. The van der Waals surface area contributed by atoms with Crippen molar-refractivity contribution in [2.24, 2.45) is 0 Å². The maximum absolute atomic E-state index is 11.8. The highest BCUT2D eigenvalue weighted by molar-refractivity contribution is 5.90. The lowest BCUT2D eigenvalue weighted by Crippen LogP contribution is -2.06. The van der Waals surface area contributed by atoms with Crippen LogP contribution in [0.1, 0.15) is 29.3 Å². The molecule has 4 nitrogen and oxygen atoms in total. The van der Waals surface area contributed by atoms with E-state index in [0.717, 1.165) is 12.0 Å². The van der Waals surface area contributed by atoms with E-state index in [2.05, 4.69) is 0 Å². The Morgan fingerprint density at radius 1 is 1.05 bits per heavy atom. The Bertz CT molecular complexity index is 608. The Morgan fingerprint density at radius 2 is 1.82 bits per heavy atom. The molecule has 0 spiro atoms. The number of carbonyl (C=O) groups excluding carboxylic acids is 1. The zero-order valence-corrected chi connectivity index (χ0v) is 12.9. The summed E-state index contributed by atoms with van der Waals surface area (Å²) in [6.45, 7) is 2.80. The molecule has 4 heteroatoms. The molecule has 2 aromatic rings. The Labute approximate surface area is 130 Å². The largest absolute Gasteiger partial charge is 0.493 e. The maximum atomic E-state index is 11.8. The smallest absolute Gasteiger partial charge is 0.338 e. The fraction of sp³-hybridized carbons (Fsp3) is 0.278. The summed E-state index contributed by atoms with van der Waals surface area (Å²) in [5.41, 5.74) is 1.52. The van der Waals surface area contributed by atoms with Gasteiger partial charge in [0.15, 0.2) is 11.5 Å². The predicted octanol–water partition coefficient (Wildman–Crippen LogP) is 3.84. The summed E-state index contributed by atoms with van der Waals surface area (Å²) in [5, 5.41) is 0. The van der Waals surface area contributed by atoms with E-state index in [1.165, 1.54) is 0 Å². The van der Waals surface area contributed by atoms with Gasteiger partial charge in [-0.1, -0.05) is 37.3 Å². The van der Waals surface area contributed by atoms with Gasteiger partial charge in [0.05, 0.1) is 19.3 Å². The van der Waals surface area contributed by atoms with Crippen LogP contribution in [0.2, 0.25) is 0 Å².